The second-order valence-electron chi connectivity index (χ2n) is 7.89. The maximum atomic E-state index is 12.7. The number of carbonyl (C=O) groups is 1. The first-order valence-corrected chi connectivity index (χ1v) is 13.0. The number of nitriles is 1. The Bertz CT molecular complexity index is 1210. The van der Waals surface area contributed by atoms with Crippen LogP contribution in [0.25, 0.3) is 0 Å². The standard InChI is InChI=1S/C24H27N5O3S2/c1-4-29-22(15(2)32-17-9-7-8-16(12-17)31-3)27-28-24(29)33-14-21(30)26-23-19(13-25)18-10-5-6-11-20(18)34-23/h7-9,12,15H,4-6,10-11,14H2,1-3H3,(H,26,30). The number of thioether (sulfide) groups is 1. The highest BCUT2D eigenvalue weighted by Gasteiger charge is 2.23. The topological polar surface area (TPSA) is 102 Å². The fraction of sp³-hybridized carbons (Fsp3) is 0.417. The summed E-state index contributed by atoms with van der Waals surface area (Å²) in [6, 6.07) is 9.70. The molecule has 3 aromatic rings. The maximum absolute atomic E-state index is 12.7. The van der Waals surface area contributed by atoms with Gasteiger partial charge in [-0.3, -0.25) is 4.79 Å². The molecule has 1 aromatic carbocycles. The molecule has 0 aliphatic heterocycles. The zero-order chi connectivity index (χ0) is 24.1. The summed E-state index contributed by atoms with van der Waals surface area (Å²) in [5, 5.41) is 22.5. The number of nitrogens with zero attached hydrogens (tertiary/aromatic N) is 4. The number of ether oxygens (including phenoxy) is 2. The fourth-order valence-corrected chi connectivity index (χ4v) is 6.07. The second-order valence-corrected chi connectivity index (χ2v) is 9.94. The number of thiophene rings is 1. The smallest absolute Gasteiger partial charge is 0.235 e. The Morgan fingerprint density at radius 1 is 1.32 bits per heavy atom. The average molecular weight is 498 g/mol. The number of fused-ring (bicyclic) bond motifs is 1. The number of amides is 1. The van der Waals surface area contributed by atoms with Crippen LogP contribution in [-0.4, -0.2) is 33.5 Å². The average Bonchev–Trinajstić information content (AvgIpc) is 3.43. The predicted molar refractivity (Wildman–Crippen MR) is 133 cm³/mol. The third-order valence-corrected chi connectivity index (χ3v) is 7.82. The predicted octanol–water partition coefficient (Wildman–Crippen LogP) is 4.99. The van der Waals surface area contributed by atoms with Gasteiger partial charge in [-0.2, -0.15) is 5.26 Å². The molecule has 10 heteroatoms. The SMILES string of the molecule is CCn1c(SCC(=O)Nc2sc3c(c2C#N)CCCC3)nnc1C(C)Oc1cccc(OC)c1. The van der Waals surface area contributed by atoms with Gasteiger partial charge in [-0.1, -0.05) is 17.8 Å². The molecular formula is C24H27N5O3S2. The number of anilines is 1. The Kier molecular flexibility index (Phi) is 7.75. The molecule has 2 aromatic heterocycles. The van der Waals surface area contributed by atoms with Crippen molar-refractivity contribution in [2.75, 3.05) is 18.2 Å². The van der Waals surface area contributed by atoms with Crippen molar-refractivity contribution < 1.29 is 14.3 Å². The summed E-state index contributed by atoms with van der Waals surface area (Å²) in [6.07, 6.45) is 3.79. The molecule has 8 nitrogen and oxygen atoms in total. The van der Waals surface area contributed by atoms with E-state index in [1.807, 2.05) is 42.7 Å². The van der Waals surface area contributed by atoms with Crippen LogP contribution in [0.2, 0.25) is 0 Å². The van der Waals surface area contributed by atoms with Crippen LogP contribution in [-0.2, 0) is 24.2 Å². The number of aryl methyl sites for hydroxylation is 1. The van der Waals surface area contributed by atoms with Gasteiger partial charge in [-0.15, -0.1) is 21.5 Å². The van der Waals surface area contributed by atoms with Crippen molar-refractivity contribution in [3.63, 3.8) is 0 Å². The van der Waals surface area contributed by atoms with Crippen molar-refractivity contribution in [3.05, 3.63) is 46.1 Å². The minimum atomic E-state index is -0.335. The molecule has 1 unspecified atom stereocenters. The van der Waals surface area contributed by atoms with Crippen LogP contribution in [0.4, 0.5) is 5.00 Å². The zero-order valence-electron chi connectivity index (χ0n) is 19.5. The first-order valence-electron chi connectivity index (χ1n) is 11.2. The molecule has 0 fully saturated rings. The second kappa shape index (κ2) is 10.9. The highest BCUT2D eigenvalue weighted by Crippen LogP contribution is 2.37. The van der Waals surface area contributed by atoms with Crippen LogP contribution < -0.4 is 14.8 Å². The van der Waals surface area contributed by atoms with Crippen LogP contribution in [0.3, 0.4) is 0 Å². The van der Waals surface area contributed by atoms with E-state index < -0.39 is 0 Å². The number of aromatic nitrogens is 3. The molecule has 1 atom stereocenters. The molecule has 0 bridgehead atoms. The summed E-state index contributed by atoms with van der Waals surface area (Å²) >= 11 is 2.85. The van der Waals surface area contributed by atoms with Gasteiger partial charge >= 0.3 is 0 Å². The lowest BCUT2D eigenvalue weighted by Crippen LogP contribution is -2.15. The lowest BCUT2D eigenvalue weighted by molar-refractivity contribution is -0.113. The largest absolute Gasteiger partial charge is 0.497 e. The number of hydrogen-bond acceptors (Lipinski definition) is 8. The summed E-state index contributed by atoms with van der Waals surface area (Å²) < 4.78 is 13.3. The van der Waals surface area contributed by atoms with Gasteiger partial charge in [-0.25, -0.2) is 0 Å². The number of carbonyl (C=O) groups excluding carboxylic acids is 1. The molecule has 0 saturated carbocycles. The zero-order valence-corrected chi connectivity index (χ0v) is 21.1. The van der Waals surface area contributed by atoms with Gasteiger partial charge in [0.1, 0.15) is 22.6 Å². The lowest BCUT2D eigenvalue weighted by Gasteiger charge is -2.16. The minimum Gasteiger partial charge on any atom is -0.497 e. The van der Waals surface area contributed by atoms with E-state index in [1.165, 1.54) is 28.0 Å². The third-order valence-electron chi connectivity index (χ3n) is 5.65. The number of rotatable bonds is 9. The van der Waals surface area contributed by atoms with E-state index in [4.69, 9.17) is 9.47 Å². The summed E-state index contributed by atoms with van der Waals surface area (Å²) in [5.41, 5.74) is 1.74. The molecule has 2 heterocycles. The fourth-order valence-electron chi connectivity index (χ4n) is 4.00. The monoisotopic (exact) mass is 497 g/mol. The Morgan fingerprint density at radius 2 is 2.12 bits per heavy atom. The van der Waals surface area contributed by atoms with Crippen LogP contribution in [0.5, 0.6) is 11.5 Å². The van der Waals surface area contributed by atoms with Crippen molar-refractivity contribution in [1.29, 1.82) is 5.26 Å². The third kappa shape index (κ3) is 5.21. The Balaban J connectivity index is 1.40. The van der Waals surface area contributed by atoms with Crippen LogP contribution >= 0.6 is 23.1 Å². The summed E-state index contributed by atoms with van der Waals surface area (Å²) in [4.78, 5) is 13.9. The van der Waals surface area contributed by atoms with Gasteiger partial charge in [0.2, 0.25) is 5.91 Å². The van der Waals surface area contributed by atoms with Crippen LogP contribution in [0.1, 0.15) is 54.6 Å². The van der Waals surface area contributed by atoms with E-state index in [0.29, 0.717) is 33.8 Å². The van der Waals surface area contributed by atoms with Crippen molar-refractivity contribution >= 4 is 34.0 Å². The minimum absolute atomic E-state index is 0.159. The summed E-state index contributed by atoms with van der Waals surface area (Å²) in [5.74, 6) is 2.10. The number of hydrogen-bond donors (Lipinski definition) is 1. The first-order chi connectivity index (χ1) is 16.5. The molecule has 0 radical (unpaired) electrons. The molecule has 1 aliphatic carbocycles. The molecule has 1 amide bonds. The first kappa shape index (κ1) is 24.1. The van der Waals surface area contributed by atoms with E-state index in [-0.39, 0.29) is 17.8 Å². The van der Waals surface area contributed by atoms with E-state index in [1.54, 1.807) is 7.11 Å². The molecular weight excluding hydrogens is 470 g/mol. The molecule has 178 valence electrons. The Hall–Kier alpha value is -3.03. The van der Waals surface area contributed by atoms with E-state index in [0.717, 1.165) is 37.0 Å². The van der Waals surface area contributed by atoms with Gasteiger partial charge in [-0.05, 0) is 57.2 Å². The molecule has 0 spiro atoms. The highest BCUT2D eigenvalue weighted by atomic mass is 32.2. The lowest BCUT2D eigenvalue weighted by atomic mass is 9.96. The Morgan fingerprint density at radius 3 is 2.88 bits per heavy atom. The van der Waals surface area contributed by atoms with Crippen LogP contribution in [0.15, 0.2) is 29.4 Å². The van der Waals surface area contributed by atoms with Crippen molar-refractivity contribution in [1.82, 2.24) is 14.8 Å². The van der Waals surface area contributed by atoms with E-state index >= 15 is 0 Å². The van der Waals surface area contributed by atoms with E-state index in [9.17, 15) is 10.1 Å². The molecule has 4 rings (SSSR count). The van der Waals surface area contributed by atoms with Crippen molar-refractivity contribution in [2.24, 2.45) is 0 Å². The Labute approximate surface area is 207 Å². The van der Waals surface area contributed by atoms with Crippen LogP contribution in [0, 0.1) is 11.3 Å². The maximum Gasteiger partial charge on any atom is 0.235 e. The summed E-state index contributed by atoms with van der Waals surface area (Å²) in [6.45, 7) is 4.57. The molecule has 34 heavy (non-hydrogen) atoms. The molecule has 1 N–H and O–H groups in total. The highest BCUT2D eigenvalue weighted by molar-refractivity contribution is 7.99. The van der Waals surface area contributed by atoms with Gasteiger partial charge in [0.05, 0.1) is 18.4 Å². The van der Waals surface area contributed by atoms with Crippen molar-refractivity contribution in [3.8, 4) is 17.6 Å². The quantitative estimate of drug-likeness (QED) is 0.416. The summed E-state index contributed by atoms with van der Waals surface area (Å²) in [7, 11) is 1.61. The molecule has 1 aliphatic rings. The number of nitrogens with one attached hydrogen (secondary N) is 1. The van der Waals surface area contributed by atoms with E-state index in [2.05, 4.69) is 21.6 Å². The number of benzene rings is 1. The van der Waals surface area contributed by atoms with Gasteiger partial charge in [0.25, 0.3) is 0 Å². The van der Waals surface area contributed by atoms with Gasteiger partial charge < -0.3 is 19.4 Å². The molecule has 0 saturated heterocycles. The normalized spacial score (nSPS) is 13.6. The number of methoxy groups -OCH3 is 1. The van der Waals surface area contributed by atoms with Gasteiger partial charge in [0, 0.05) is 17.5 Å². The van der Waals surface area contributed by atoms with Gasteiger partial charge in [0.15, 0.2) is 17.1 Å². The van der Waals surface area contributed by atoms with Crippen molar-refractivity contribution in [2.45, 2.75) is 57.3 Å².